The van der Waals surface area contributed by atoms with Crippen LogP contribution in [0.4, 0.5) is 4.39 Å². The molecule has 1 aliphatic rings. The van der Waals surface area contributed by atoms with Gasteiger partial charge in [-0.1, -0.05) is 12.1 Å². The van der Waals surface area contributed by atoms with Crippen LogP contribution >= 0.6 is 0 Å². The summed E-state index contributed by atoms with van der Waals surface area (Å²) in [6.07, 6.45) is -0.392. The fourth-order valence-electron chi connectivity index (χ4n) is 2.93. The number of benzene rings is 2. The molecule has 6 nitrogen and oxygen atoms in total. The van der Waals surface area contributed by atoms with E-state index >= 15 is 0 Å². The predicted octanol–water partition coefficient (Wildman–Crippen LogP) is 2.84. The van der Waals surface area contributed by atoms with Gasteiger partial charge in [0, 0.05) is 13.1 Å². The standard InChI is InChI=1S/C19H20FNO5S/c1-13-11-21(12-14(2)25-13)27(23,24)16-9-7-15(8-10-16)19(22)26-18-6-4-3-5-17(18)20/h3-10,13-14H,11-12H2,1-2H3/t13-,14-/m1/s1. The normalized spacial score (nSPS) is 21.0. The van der Waals surface area contributed by atoms with E-state index in [1.807, 2.05) is 13.8 Å². The number of ether oxygens (including phenoxy) is 2. The van der Waals surface area contributed by atoms with Gasteiger partial charge >= 0.3 is 5.97 Å². The highest BCUT2D eigenvalue weighted by Crippen LogP contribution is 2.22. The van der Waals surface area contributed by atoms with E-state index in [2.05, 4.69) is 0 Å². The number of halogens is 1. The molecular weight excluding hydrogens is 373 g/mol. The number of sulfonamides is 1. The molecular formula is C19H20FNO5S. The van der Waals surface area contributed by atoms with Crippen LogP contribution in [0.2, 0.25) is 0 Å². The monoisotopic (exact) mass is 393 g/mol. The highest BCUT2D eigenvalue weighted by atomic mass is 32.2. The van der Waals surface area contributed by atoms with E-state index in [9.17, 15) is 17.6 Å². The lowest BCUT2D eigenvalue weighted by molar-refractivity contribution is -0.0440. The molecule has 0 saturated carbocycles. The minimum atomic E-state index is -3.69. The largest absolute Gasteiger partial charge is 0.420 e. The number of hydrogen-bond acceptors (Lipinski definition) is 5. The number of morpholine rings is 1. The molecule has 144 valence electrons. The molecule has 2 aromatic carbocycles. The molecule has 0 N–H and O–H groups in total. The molecule has 0 radical (unpaired) electrons. The van der Waals surface area contributed by atoms with E-state index in [1.165, 1.54) is 46.8 Å². The maximum absolute atomic E-state index is 13.6. The lowest BCUT2D eigenvalue weighted by atomic mass is 10.2. The highest BCUT2D eigenvalue weighted by molar-refractivity contribution is 7.89. The summed E-state index contributed by atoms with van der Waals surface area (Å²) in [4.78, 5) is 12.2. The summed E-state index contributed by atoms with van der Waals surface area (Å²) in [6.45, 7) is 4.17. The van der Waals surface area contributed by atoms with Gasteiger partial charge in [-0.05, 0) is 50.2 Å². The predicted molar refractivity (Wildman–Crippen MR) is 96.6 cm³/mol. The molecule has 8 heteroatoms. The van der Waals surface area contributed by atoms with Gasteiger partial charge < -0.3 is 9.47 Å². The second kappa shape index (κ2) is 7.75. The molecule has 0 spiro atoms. The zero-order valence-electron chi connectivity index (χ0n) is 15.0. The highest BCUT2D eigenvalue weighted by Gasteiger charge is 2.32. The molecule has 0 unspecified atom stereocenters. The fraction of sp³-hybridized carbons (Fsp3) is 0.316. The van der Waals surface area contributed by atoms with Gasteiger partial charge in [0.25, 0.3) is 0 Å². The van der Waals surface area contributed by atoms with E-state index in [1.54, 1.807) is 6.07 Å². The number of carbonyl (C=O) groups is 1. The van der Waals surface area contributed by atoms with Gasteiger partial charge in [0.05, 0.1) is 22.7 Å². The minimum Gasteiger partial charge on any atom is -0.420 e. The van der Waals surface area contributed by atoms with Crippen LogP contribution in [0.3, 0.4) is 0 Å². The Labute approximate surface area is 157 Å². The van der Waals surface area contributed by atoms with Crippen LogP contribution in [0.1, 0.15) is 24.2 Å². The number of carbonyl (C=O) groups excluding carboxylic acids is 1. The van der Waals surface area contributed by atoms with Crippen molar-refractivity contribution in [3.05, 3.63) is 59.9 Å². The number of nitrogens with zero attached hydrogens (tertiary/aromatic N) is 1. The number of para-hydroxylation sites is 1. The van der Waals surface area contributed by atoms with Gasteiger partial charge in [-0.2, -0.15) is 4.31 Å². The average Bonchev–Trinajstić information content (AvgIpc) is 2.63. The van der Waals surface area contributed by atoms with Crippen LogP contribution in [-0.2, 0) is 14.8 Å². The summed E-state index contributed by atoms with van der Waals surface area (Å²) < 4.78 is 51.1. The van der Waals surface area contributed by atoms with E-state index < -0.39 is 21.8 Å². The van der Waals surface area contributed by atoms with Crippen LogP contribution in [-0.4, -0.2) is 44.0 Å². The van der Waals surface area contributed by atoms with Gasteiger partial charge in [0.15, 0.2) is 11.6 Å². The van der Waals surface area contributed by atoms with Gasteiger partial charge in [-0.25, -0.2) is 17.6 Å². The molecule has 0 bridgehead atoms. The van der Waals surface area contributed by atoms with Crippen molar-refractivity contribution < 1.29 is 27.1 Å². The molecule has 0 amide bonds. The first-order valence-electron chi connectivity index (χ1n) is 8.50. The second-order valence-electron chi connectivity index (χ2n) is 6.42. The van der Waals surface area contributed by atoms with Crippen molar-refractivity contribution in [2.75, 3.05) is 13.1 Å². The van der Waals surface area contributed by atoms with Crippen molar-refractivity contribution in [3.8, 4) is 5.75 Å². The van der Waals surface area contributed by atoms with Crippen molar-refractivity contribution in [2.45, 2.75) is 31.0 Å². The average molecular weight is 393 g/mol. The molecule has 3 rings (SSSR count). The lowest BCUT2D eigenvalue weighted by Crippen LogP contribution is -2.48. The Hall–Kier alpha value is -2.29. The van der Waals surface area contributed by atoms with E-state index in [0.29, 0.717) is 0 Å². The third-order valence-electron chi connectivity index (χ3n) is 4.15. The minimum absolute atomic E-state index is 0.0752. The third kappa shape index (κ3) is 4.35. The summed E-state index contributed by atoms with van der Waals surface area (Å²) in [5.74, 6) is -1.60. The van der Waals surface area contributed by atoms with Crippen LogP contribution in [0.25, 0.3) is 0 Å². The van der Waals surface area contributed by atoms with Crippen molar-refractivity contribution >= 4 is 16.0 Å². The zero-order valence-corrected chi connectivity index (χ0v) is 15.8. The second-order valence-corrected chi connectivity index (χ2v) is 8.36. The lowest BCUT2D eigenvalue weighted by Gasteiger charge is -2.34. The van der Waals surface area contributed by atoms with Crippen molar-refractivity contribution in [1.29, 1.82) is 0 Å². The maximum Gasteiger partial charge on any atom is 0.343 e. The summed E-state index contributed by atoms with van der Waals surface area (Å²) in [5, 5.41) is 0. The van der Waals surface area contributed by atoms with Gasteiger partial charge in [-0.3, -0.25) is 0 Å². The topological polar surface area (TPSA) is 72.9 Å². The van der Waals surface area contributed by atoms with E-state index in [4.69, 9.17) is 9.47 Å². The molecule has 1 saturated heterocycles. The number of rotatable bonds is 4. The van der Waals surface area contributed by atoms with Crippen molar-refractivity contribution in [1.82, 2.24) is 4.31 Å². The Morgan fingerprint density at radius 3 is 2.26 bits per heavy atom. The van der Waals surface area contributed by atoms with Gasteiger partial charge in [0.2, 0.25) is 10.0 Å². The summed E-state index contributed by atoms with van der Waals surface area (Å²) >= 11 is 0. The molecule has 2 atom stereocenters. The number of esters is 1. The molecule has 2 aromatic rings. The van der Waals surface area contributed by atoms with Gasteiger partial charge in [0.1, 0.15) is 0 Å². The fourth-order valence-corrected chi connectivity index (χ4v) is 4.52. The molecule has 0 aromatic heterocycles. The summed E-state index contributed by atoms with van der Waals surface area (Å²) in [5.41, 5.74) is 0.126. The molecule has 0 aliphatic carbocycles. The summed E-state index contributed by atoms with van der Waals surface area (Å²) in [6, 6.07) is 10.9. The van der Waals surface area contributed by atoms with E-state index in [-0.39, 0.29) is 41.5 Å². The van der Waals surface area contributed by atoms with Gasteiger partial charge in [-0.15, -0.1) is 0 Å². The number of hydrogen-bond donors (Lipinski definition) is 0. The first-order valence-corrected chi connectivity index (χ1v) is 9.94. The molecule has 1 fully saturated rings. The summed E-state index contributed by atoms with van der Waals surface area (Å²) in [7, 11) is -3.69. The molecule has 1 heterocycles. The first-order chi connectivity index (χ1) is 12.8. The third-order valence-corrected chi connectivity index (χ3v) is 6.00. The van der Waals surface area contributed by atoms with Crippen molar-refractivity contribution in [2.24, 2.45) is 0 Å². The van der Waals surface area contributed by atoms with Crippen LogP contribution < -0.4 is 4.74 Å². The Bertz CT molecular complexity index is 919. The van der Waals surface area contributed by atoms with Crippen LogP contribution in [0.5, 0.6) is 5.75 Å². The Balaban J connectivity index is 1.76. The Morgan fingerprint density at radius 1 is 1.07 bits per heavy atom. The smallest absolute Gasteiger partial charge is 0.343 e. The van der Waals surface area contributed by atoms with Crippen molar-refractivity contribution in [3.63, 3.8) is 0 Å². The van der Waals surface area contributed by atoms with Crippen LogP contribution in [0, 0.1) is 5.82 Å². The Kier molecular flexibility index (Phi) is 5.59. The van der Waals surface area contributed by atoms with Crippen LogP contribution in [0.15, 0.2) is 53.4 Å². The molecule has 27 heavy (non-hydrogen) atoms. The molecule has 1 aliphatic heterocycles. The maximum atomic E-state index is 13.6. The first kappa shape index (κ1) is 19.5. The van der Waals surface area contributed by atoms with E-state index in [0.717, 1.165) is 0 Å². The quantitative estimate of drug-likeness (QED) is 0.590. The SMILES string of the molecule is C[C@@H]1CN(S(=O)(=O)c2ccc(C(=O)Oc3ccccc3F)cc2)C[C@@H](C)O1. The zero-order chi connectivity index (χ0) is 19.6. The Morgan fingerprint density at radius 2 is 1.67 bits per heavy atom.